The summed E-state index contributed by atoms with van der Waals surface area (Å²) in [5, 5.41) is 29.0. The Morgan fingerprint density at radius 2 is 1.83 bits per heavy atom. The molecule has 0 spiro atoms. The highest BCUT2D eigenvalue weighted by atomic mass is 32.1. The van der Waals surface area contributed by atoms with Crippen LogP contribution in [0.3, 0.4) is 0 Å². The van der Waals surface area contributed by atoms with Crippen molar-refractivity contribution < 1.29 is 10.2 Å². The number of hydrogen-bond donors (Lipinski definition) is 3. The van der Waals surface area contributed by atoms with E-state index in [1.54, 1.807) is 6.07 Å². The molecule has 7 heteroatoms. The van der Waals surface area contributed by atoms with E-state index in [4.69, 9.17) is 12.2 Å². The van der Waals surface area contributed by atoms with E-state index in [1.807, 2.05) is 17.6 Å². The molecule has 30 heavy (non-hydrogen) atoms. The van der Waals surface area contributed by atoms with Gasteiger partial charge >= 0.3 is 0 Å². The fourth-order valence-electron chi connectivity index (χ4n) is 4.09. The molecule has 0 bridgehead atoms. The van der Waals surface area contributed by atoms with Gasteiger partial charge < -0.3 is 14.8 Å². The second-order valence-electron chi connectivity index (χ2n) is 7.60. The van der Waals surface area contributed by atoms with Crippen LogP contribution in [0.2, 0.25) is 0 Å². The van der Waals surface area contributed by atoms with Gasteiger partial charge in [-0.1, -0.05) is 13.8 Å². The minimum atomic E-state index is -0.0397. The highest BCUT2D eigenvalue weighted by Crippen LogP contribution is 2.36. The van der Waals surface area contributed by atoms with Crippen molar-refractivity contribution in [3.8, 4) is 28.6 Å². The average Bonchev–Trinajstić information content (AvgIpc) is 3.21. The van der Waals surface area contributed by atoms with Crippen LogP contribution in [0, 0.1) is 18.6 Å². The summed E-state index contributed by atoms with van der Waals surface area (Å²) in [6.45, 7) is 9.41. The van der Waals surface area contributed by atoms with Gasteiger partial charge in [-0.3, -0.25) is 9.67 Å². The fourth-order valence-corrected chi connectivity index (χ4v) is 4.33. The lowest BCUT2D eigenvalue weighted by Crippen LogP contribution is -2.00. The molecule has 0 saturated carbocycles. The second kappa shape index (κ2) is 7.65. The lowest BCUT2D eigenvalue weighted by atomic mass is 10.1. The zero-order valence-corrected chi connectivity index (χ0v) is 18.5. The van der Waals surface area contributed by atoms with Crippen molar-refractivity contribution in [2.45, 2.75) is 47.1 Å². The first-order valence-electron chi connectivity index (χ1n) is 10.2. The molecule has 0 aliphatic rings. The second-order valence-corrected chi connectivity index (χ2v) is 7.99. The molecule has 3 N–H and O–H groups in total. The van der Waals surface area contributed by atoms with Crippen molar-refractivity contribution in [2.24, 2.45) is 0 Å². The highest BCUT2D eigenvalue weighted by molar-refractivity contribution is 7.71. The number of aromatic amines is 1. The van der Waals surface area contributed by atoms with Crippen molar-refractivity contribution in [3.05, 3.63) is 51.9 Å². The lowest BCUT2D eigenvalue weighted by molar-refractivity contribution is 0.447. The number of fused-ring (bicyclic) bond motifs is 1. The van der Waals surface area contributed by atoms with Gasteiger partial charge in [-0.15, -0.1) is 0 Å². The van der Waals surface area contributed by atoms with E-state index in [2.05, 4.69) is 47.7 Å². The number of benzene rings is 2. The molecule has 4 aromatic rings. The van der Waals surface area contributed by atoms with Crippen LogP contribution < -0.4 is 0 Å². The van der Waals surface area contributed by atoms with Crippen molar-refractivity contribution in [1.82, 2.24) is 19.3 Å². The molecule has 2 aromatic heterocycles. The first kappa shape index (κ1) is 20.2. The predicted molar refractivity (Wildman–Crippen MR) is 122 cm³/mol. The van der Waals surface area contributed by atoms with E-state index < -0.39 is 0 Å². The third-order valence-corrected chi connectivity index (χ3v) is 6.09. The largest absolute Gasteiger partial charge is 0.508 e. The maximum absolute atomic E-state index is 10.5. The topological polar surface area (TPSA) is 79.0 Å². The van der Waals surface area contributed by atoms with Crippen molar-refractivity contribution >= 4 is 23.1 Å². The van der Waals surface area contributed by atoms with Crippen molar-refractivity contribution in [3.63, 3.8) is 0 Å². The number of aromatic hydroxyl groups is 2. The summed E-state index contributed by atoms with van der Waals surface area (Å²) in [5.74, 6) is 0.542. The quantitative estimate of drug-likeness (QED) is 0.368. The Kier molecular flexibility index (Phi) is 5.15. The molecule has 4 rings (SSSR count). The molecule has 6 nitrogen and oxygen atoms in total. The molecule has 0 unspecified atom stereocenters. The van der Waals surface area contributed by atoms with E-state index in [0.29, 0.717) is 22.6 Å². The van der Waals surface area contributed by atoms with Crippen molar-refractivity contribution in [2.75, 3.05) is 0 Å². The smallest absolute Gasteiger partial charge is 0.200 e. The first-order chi connectivity index (χ1) is 14.4. The maximum Gasteiger partial charge on any atom is 0.200 e. The van der Waals surface area contributed by atoms with E-state index in [1.165, 1.54) is 28.2 Å². The summed E-state index contributed by atoms with van der Waals surface area (Å²) in [7, 11) is 0. The summed E-state index contributed by atoms with van der Waals surface area (Å²) >= 11 is 5.52. The van der Waals surface area contributed by atoms with Crippen LogP contribution in [0.4, 0.5) is 0 Å². The normalized spacial score (nSPS) is 11.5. The summed E-state index contributed by atoms with van der Waals surface area (Å²) < 4.78 is 4.62. The number of nitrogens with one attached hydrogen (secondary N) is 1. The molecule has 0 saturated heterocycles. The van der Waals surface area contributed by atoms with Gasteiger partial charge in [0.15, 0.2) is 10.6 Å². The maximum atomic E-state index is 10.5. The van der Waals surface area contributed by atoms with Crippen LogP contribution in [0.5, 0.6) is 11.5 Å². The monoisotopic (exact) mass is 422 g/mol. The molecule has 0 atom stereocenters. The Hall–Kier alpha value is -3.06. The Morgan fingerprint density at radius 3 is 2.53 bits per heavy atom. The third-order valence-electron chi connectivity index (χ3n) is 5.82. The standard InChI is InChI=1S/C23H26N4O2S/c1-5-9-26-14(4)13(3)17-11-16(7-8-19(17)26)27-22(24-25-23(27)30)18-10-15(6-2)20(28)12-21(18)29/h7-8,10-12,28-29H,5-6,9H2,1-4H3,(H,25,30). The van der Waals surface area contributed by atoms with Crippen molar-refractivity contribution in [1.29, 1.82) is 0 Å². The van der Waals surface area contributed by atoms with Crippen LogP contribution >= 0.6 is 12.2 Å². The van der Waals surface area contributed by atoms with Gasteiger partial charge in [0.2, 0.25) is 0 Å². The van der Waals surface area contributed by atoms with Crippen LogP contribution in [-0.2, 0) is 13.0 Å². The Bertz CT molecular complexity index is 1310. The number of aryl methyl sites for hydroxylation is 3. The molecular formula is C23H26N4O2S. The predicted octanol–water partition coefficient (Wildman–Crippen LogP) is 5.55. The minimum absolute atomic E-state index is 0.0397. The number of hydrogen-bond acceptors (Lipinski definition) is 4. The van der Waals surface area contributed by atoms with E-state index in [0.717, 1.165) is 24.2 Å². The summed E-state index contributed by atoms with van der Waals surface area (Å²) in [5.41, 5.74) is 5.85. The van der Waals surface area contributed by atoms with Crippen LogP contribution in [0.1, 0.15) is 37.1 Å². The van der Waals surface area contributed by atoms with Crippen LogP contribution in [-0.4, -0.2) is 29.5 Å². The zero-order chi connectivity index (χ0) is 21.6. The van der Waals surface area contributed by atoms with Gasteiger partial charge in [0, 0.05) is 29.2 Å². The number of rotatable bonds is 5. The fraction of sp³-hybridized carbons (Fsp3) is 0.304. The molecule has 0 aliphatic carbocycles. The Labute approximate surface area is 180 Å². The van der Waals surface area contributed by atoms with Crippen LogP contribution in [0.25, 0.3) is 28.0 Å². The van der Waals surface area contributed by atoms with Gasteiger partial charge in [0.25, 0.3) is 0 Å². The first-order valence-corrected chi connectivity index (χ1v) is 10.6. The van der Waals surface area contributed by atoms with Gasteiger partial charge in [0.05, 0.1) is 11.3 Å². The summed E-state index contributed by atoms with van der Waals surface area (Å²) in [4.78, 5) is 0. The molecule has 0 aliphatic heterocycles. The molecule has 2 aromatic carbocycles. The zero-order valence-electron chi connectivity index (χ0n) is 17.7. The van der Waals surface area contributed by atoms with Gasteiger partial charge in [-0.2, -0.15) is 5.10 Å². The SMILES string of the molecule is CCCn1c(C)c(C)c2cc(-n3c(-c4cc(CC)c(O)cc4O)n[nH]c3=S)ccc21. The molecule has 2 heterocycles. The number of aromatic nitrogens is 4. The minimum Gasteiger partial charge on any atom is -0.508 e. The molecule has 0 radical (unpaired) electrons. The van der Waals surface area contributed by atoms with E-state index in [-0.39, 0.29) is 11.5 Å². The van der Waals surface area contributed by atoms with Crippen LogP contribution in [0.15, 0.2) is 30.3 Å². The summed E-state index contributed by atoms with van der Waals surface area (Å²) in [6, 6.07) is 9.39. The highest BCUT2D eigenvalue weighted by Gasteiger charge is 2.18. The van der Waals surface area contributed by atoms with Gasteiger partial charge in [-0.25, -0.2) is 0 Å². The number of phenolic OH excluding ortho intramolecular Hbond substituents is 2. The van der Waals surface area contributed by atoms with Gasteiger partial charge in [0.1, 0.15) is 11.5 Å². The average molecular weight is 423 g/mol. The Balaban J connectivity index is 1.94. The summed E-state index contributed by atoms with van der Waals surface area (Å²) in [6.07, 6.45) is 1.71. The molecular weight excluding hydrogens is 396 g/mol. The Morgan fingerprint density at radius 1 is 1.07 bits per heavy atom. The van der Waals surface area contributed by atoms with E-state index in [9.17, 15) is 10.2 Å². The number of H-pyrrole nitrogens is 1. The lowest BCUT2D eigenvalue weighted by Gasteiger charge is -2.12. The third kappa shape index (κ3) is 3.10. The number of nitrogens with zero attached hydrogens (tertiary/aromatic N) is 3. The molecule has 156 valence electrons. The molecule has 0 amide bonds. The molecule has 0 fully saturated rings. The number of phenols is 2. The van der Waals surface area contributed by atoms with Gasteiger partial charge in [-0.05, 0) is 74.3 Å². The van der Waals surface area contributed by atoms with E-state index >= 15 is 0 Å².